The highest BCUT2D eigenvalue weighted by Crippen LogP contribution is 2.45. The van der Waals surface area contributed by atoms with Gasteiger partial charge in [-0.25, -0.2) is 0 Å². The number of benzene rings is 4. The zero-order valence-electron chi connectivity index (χ0n) is 24.4. The van der Waals surface area contributed by atoms with Gasteiger partial charge in [0, 0.05) is 71.2 Å². The highest BCUT2D eigenvalue weighted by molar-refractivity contribution is 6.37. The molecule has 1 aliphatic heterocycles. The van der Waals surface area contributed by atoms with Crippen LogP contribution in [-0.4, -0.2) is 26.2 Å². The average Bonchev–Trinajstić information content (AvgIpc) is 2.96. The summed E-state index contributed by atoms with van der Waals surface area (Å²) in [6.45, 7) is 7.31. The summed E-state index contributed by atoms with van der Waals surface area (Å²) in [5.41, 5.74) is 12.5. The Balaban J connectivity index is 1.44. The number of anilines is 2. The molecule has 0 saturated carbocycles. The first kappa shape index (κ1) is 30.3. The minimum Gasteiger partial charge on any atom is -0.496 e. The Hall–Kier alpha value is -4.20. The molecule has 2 aliphatic rings. The summed E-state index contributed by atoms with van der Waals surface area (Å²) in [5, 5.41) is 1.47. The summed E-state index contributed by atoms with van der Waals surface area (Å²) in [5.74, 6) is 0.924. The second-order valence-electron chi connectivity index (χ2n) is 10.4. The first-order valence-electron chi connectivity index (χ1n) is 14.0. The number of halogens is 2. The number of carbonyl (C=O) groups is 1. The van der Waals surface area contributed by atoms with E-state index in [2.05, 4.69) is 17.9 Å². The molecule has 5 rings (SSSR count). The van der Waals surface area contributed by atoms with Gasteiger partial charge in [0.1, 0.15) is 17.1 Å². The second-order valence-corrected chi connectivity index (χ2v) is 11.3. The van der Waals surface area contributed by atoms with Crippen molar-refractivity contribution >= 4 is 51.5 Å². The number of methoxy groups -OCH3 is 1. The van der Waals surface area contributed by atoms with E-state index in [1.165, 1.54) is 12.1 Å². The molecule has 0 atom stereocenters. The third kappa shape index (κ3) is 6.28. The average molecular weight is 620 g/mol. The van der Waals surface area contributed by atoms with Crippen molar-refractivity contribution in [3.05, 3.63) is 92.1 Å². The fraction of sp³-hybridized carbons (Fsp3) is 0.235. The number of nitrogen functional groups attached to an aromatic ring is 1. The molecule has 1 heterocycles. The zero-order chi connectivity index (χ0) is 30.8. The lowest BCUT2D eigenvalue weighted by Gasteiger charge is -2.27. The maximum absolute atomic E-state index is 12.6. The Morgan fingerprint density at radius 3 is 2.42 bits per heavy atom. The van der Waals surface area contributed by atoms with Crippen molar-refractivity contribution in [3.63, 3.8) is 0 Å². The minimum absolute atomic E-state index is 0.142. The standard InChI is InChI=1S/C34H32Cl2N2O5/c1-5-38(12-6-7-32(40)43-34-26(35)13-19(2)14-27(34)36)28-18-29(41-4)25(15-20(28)3)33-23-10-8-21(37)16-30(23)42-31-17-22(39)9-11-24(31)33/h8-11,13-18H,5-7,12,37H2,1-4H3. The third-order valence-electron chi connectivity index (χ3n) is 7.39. The fourth-order valence-corrected chi connectivity index (χ4v) is 6.05. The number of nitrogens with two attached hydrogens (primary N) is 1. The molecule has 0 radical (unpaired) electrons. The van der Waals surface area contributed by atoms with E-state index in [1.54, 1.807) is 31.4 Å². The van der Waals surface area contributed by atoms with Gasteiger partial charge in [0.05, 0.1) is 17.2 Å². The van der Waals surface area contributed by atoms with Gasteiger partial charge in [0.2, 0.25) is 0 Å². The molecule has 3 aromatic rings. The predicted octanol–water partition coefficient (Wildman–Crippen LogP) is 8.29. The molecular formula is C34H32Cl2N2O5. The highest BCUT2D eigenvalue weighted by Gasteiger charge is 2.22. The first-order chi connectivity index (χ1) is 20.6. The molecule has 7 nitrogen and oxygen atoms in total. The van der Waals surface area contributed by atoms with E-state index >= 15 is 0 Å². The Bertz CT molecular complexity index is 1840. The van der Waals surface area contributed by atoms with Crippen molar-refractivity contribution in [1.82, 2.24) is 0 Å². The van der Waals surface area contributed by atoms with Crippen molar-refractivity contribution in [2.24, 2.45) is 0 Å². The Morgan fingerprint density at radius 1 is 0.977 bits per heavy atom. The van der Waals surface area contributed by atoms with Crippen LogP contribution in [0.25, 0.3) is 33.4 Å². The van der Waals surface area contributed by atoms with Crippen LogP contribution in [0, 0.1) is 13.8 Å². The topological polar surface area (TPSA) is 95.0 Å². The molecule has 1 aliphatic carbocycles. The Kier molecular flexibility index (Phi) is 8.85. The Labute approximate surface area is 260 Å². The lowest BCUT2D eigenvalue weighted by atomic mass is 9.91. The molecule has 0 spiro atoms. The second kappa shape index (κ2) is 12.6. The van der Waals surface area contributed by atoms with Crippen LogP contribution in [0.4, 0.5) is 11.4 Å². The van der Waals surface area contributed by atoms with Gasteiger partial charge in [-0.1, -0.05) is 23.2 Å². The number of carbonyl (C=O) groups excluding carboxylic acids is 1. The molecule has 0 bridgehead atoms. The van der Waals surface area contributed by atoms with Gasteiger partial charge >= 0.3 is 5.97 Å². The number of aryl methyl sites for hydroxylation is 2. The molecule has 43 heavy (non-hydrogen) atoms. The largest absolute Gasteiger partial charge is 0.496 e. The lowest BCUT2D eigenvalue weighted by molar-refractivity contribution is -0.134. The normalized spacial score (nSPS) is 11.2. The third-order valence-corrected chi connectivity index (χ3v) is 7.96. The van der Waals surface area contributed by atoms with Crippen molar-refractivity contribution < 1.29 is 18.7 Å². The maximum atomic E-state index is 12.6. The van der Waals surface area contributed by atoms with Gasteiger partial charge in [0.25, 0.3) is 0 Å². The zero-order valence-corrected chi connectivity index (χ0v) is 25.9. The van der Waals surface area contributed by atoms with Crippen LogP contribution in [-0.2, 0) is 4.79 Å². The number of ether oxygens (including phenoxy) is 2. The van der Waals surface area contributed by atoms with E-state index in [0.717, 1.165) is 45.4 Å². The lowest BCUT2D eigenvalue weighted by Crippen LogP contribution is -2.25. The molecule has 0 saturated heterocycles. The van der Waals surface area contributed by atoms with Gasteiger partial charge in [-0.3, -0.25) is 9.59 Å². The van der Waals surface area contributed by atoms with E-state index in [-0.39, 0.29) is 17.6 Å². The quantitative estimate of drug-likeness (QED) is 0.0768. The number of rotatable bonds is 9. The smallest absolute Gasteiger partial charge is 0.311 e. The van der Waals surface area contributed by atoms with E-state index in [4.69, 9.17) is 42.8 Å². The van der Waals surface area contributed by atoms with Crippen LogP contribution in [0.1, 0.15) is 30.9 Å². The van der Waals surface area contributed by atoms with Crippen molar-refractivity contribution in [3.8, 4) is 33.9 Å². The number of hydrogen-bond donors (Lipinski definition) is 1. The van der Waals surface area contributed by atoms with Gasteiger partial charge in [-0.2, -0.15) is 0 Å². The van der Waals surface area contributed by atoms with Crippen LogP contribution in [0.3, 0.4) is 0 Å². The number of esters is 1. The van der Waals surface area contributed by atoms with Crippen molar-refractivity contribution in [2.75, 3.05) is 30.8 Å². The molecule has 0 unspecified atom stereocenters. The summed E-state index contributed by atoms with van der Waals surface area (Å²) < 4.78 is 17.5. The van der Waals surface area contributed by atoms with E-state index in [1.807, 2.05) is 32.0 Å². The van der Waals surface area contributed by atoms with Gasteiger partial charge in [-0.15, -0.1) is 0 Å². The Morgan fingerprint density at radius 2 is 1.72 bits per heavy atom. The molecule has 0 fully saturated rings. The van der Waals surface area contributed by atoms with Crippen LogP contribution in [0.5, 0.6) is 11.5 Å². The van der Waals surface area contributed by atoms with Crippen LogP contribution < -0.4 is 25.5 Å². The first-order valence-corrected chi connectivity index (χ1v) is 14.7. The van der Waals surface area contributed by atoms with E-state index < -0.39 is 5.97 Å². The van der Waals surface area contributed by atoms with Gasteiger partial charge in [0.15, 0.2) is 11.2 Å². The number of nitrogens with zero attached hydrogens (tertiary/aromatic N) is 1. The molecule has 0 aromatic heterocycles. The van der Waals surface area contributed by atoms with Gasteiger partial charge in [-0.05, 0) is 80.8 Å². The summed E-state index contributed by atoms with van der Waals surface area (Å²) in [6, 6.07) is 17.8. The highest BCUT2D eigenvalue weighted by atomic mass is 35.5. The molecule has 0 amide bonds. The maximum Gasteiger partial charge on any atom is 0.311 e. The summed E-state index contributed by atoms with van der Waals surface area (Å²) in [6.07, 6.45) is 0.757. The number of fused-ring (bicyclic) bond motifs is 2. The molecule has 222 valence electrons. The van der Waals surface area contributed by atoms with Crippen LogP contribution >= 0.6 is 23.2 Å². The molecule has 9 heteroatoms. The molecular weight excluding hydrogens is 587 g/mol. The summed E-state index contributed by atoms with van der Waals surface area (Å²) in [4.78, 5) is 27.0. The molecule has 3 aromatic carbocycles. The van der Waals surface area contributed by atoms with Crippen molar-refractivity contribution in [2.45, 2.75) is 33.6 Å². The van der Waals surface area contributed by atoms with E-state index in [9.17, 15) is 9.59 Å². The van der Waals surface area contributed by atoms with Crippen molar-refractivity contribution in [1.29, 1.82) is 0 Å². The minimum atomic E-state index is -0.400. The van der Waals surface area contributed by atoms with Gasteiger partial charge < -0.3 is 24.5 Å². The monoisotopic (exact) mass is 618 g/mol. The predicted molar refractivity (Wildman–Crippen MR) is 174 cm³/mol. The molecule has 2 N–H and O–H groups in total. The SMILES string of the molecule is CCN(CCCC(=O)Oc1c(Cl)cc(C)cc1Cl)c1cc(OC)c(-c2c3ccc(=O)cc-3oc3cc(N)ccc23)cc1C. The fourth-order valence-electron chi connectivity index (χ4n) is 5.37. The van der Waals surface area contributed by atoms with Crippen LogP contribution in [0.2, 0.25) is 10.0 Å². The van der Waals surface area contributed by atoms with Crippen LogP contribution in [0.15, 0.2) is 69.9 Å². The summed E-state index contributed by atoms with van der Waals surface area (Å²) in [7, 11) is 1.64. The van der Waals surface area contributed by atoms with E-state index in [0.29, 0.717) is 45.8 Å². The summed E-state index contributed by atoms with van der Waals surface area (Å²) >= 11 is 12.5. The number of hydrogen-bond acceptors (Lipinski definition) is 7.